The molecule has 0 aromatic carbocycles. The van der Waals surface area contributed by atoms with Crippen molar-refractivity contribution < 1.29 is 19.4 Å². The number of ether oxygens (including phenoxy) is 2. The second kappa shape index (κ2) is 26.1. The lowest BCUT2D eigenvalue weighted by atomic mass is 10.2. The van der Waals surface area contributed by atoms with Crippen molar-refractivity contribution in [1.29, 1.82) is 0 Å². The van der Waals surface area contributed by atoms with Gasteiger partial charge in [-0.2, -0.15) is 0 Å². The second-order valence-electron chi connectivity index (χ2n) is 7.75. The molecule has 1 atom stereocenters. The van der Waals surface area contributed by atoms with Crippen LogP contribution in [-0.2, 0) is 14.3 Å². The monoisotopic (exact) mass is 458 g/mol. The van der Waals surface area contributed by atoms with Crippen LogP contribution in [0.1, 0.15) is 78.1 Å². The van der Waals surface area contributed by atoms with Gasteiger partial charge in [-0.25, -0.2) is 0 Å². The standard InChI is InChI=1S/C29H46O4/c1-3-4-5-6-7-8-9-10-11-12-13-14-15-16-17-18-19-20-21-22-23-24-25-32-27-29(26-30)33-28(2)31/h4-5,7-8,10-11,13-14,16-17,19-20,29-30H,3,6,9,12,15,18,21-27H2,1-2H3/b5-4-,8-7-,11-10-,14-13-,17-16-,20-19-. The fraction of sp³-hybridized carbons (Fsp3) is 0.552. The average molecular weight is 459 g/mol. The number of allylic oxidation sites excluding steroid dienone is 12. The van der Waals surface area contributed by atoms with Crippen LogP contribution in [0, 0.1) is 0 Å². The molecular formula is C29H46O4. The fourth-order valence-electron chi connectivity index (χ4n) is 2.86. The largest absolute Gasteiger partial charge is 0.458 e. The van der Waals surface area contributed by atoms with E-state index >= 15 is 0 Å². The number of esters is 1. The number of carbonyl (C=O) groups is 1. The van der Waals surface area contributed by atoms with E-state index in [0.717, 1.165) is 64.2 Å². The minimum atomic E-state index is -0.554. The quantitative estimate of drug-likeness (QED) is 0.112. The van der Waals surface area contributed by atoms with Gasteiger partial charge in [0.15, 0.2) is 0 Å². The first-order chi connectivity index (χ1) is 16.2. The summed E-state index contributed by atoms with van der Waals surface area (Å²) in [7, 11) is 0. The Bertz CT molecular complexity index is 611. The van der Waals surface area contributed by atoms with E-state index in [1.165, 1.54) is 6.92 Å². The topological polar surface area (TPSA) is 55.8 Å². The molecule has 33 heavy (non-hydrogen) atoms. The molecule has 0 aromatic heterocycles. The summed E-state index contributed by atoms with van der Waals surface area (Å²) in [4.78, 5) is 10.8. The number of hydrogen-bond acceptors (Lipinski definition) is 4. The first-order valence-electron chi connectivity index (χ1n) is 12.5. The van der Waals surface area contributed by atoms with Crippen molar-refractivity contribution in [3.8, 4) is 0 Å². The van der Waals surface area contributed by atoms with Gasteiger partial charge < -0.3 is 14.6 Å². The van der Waals surface area contributed by atoms with Gasteiger partial charge in [0.05, 0.1) is 13.2 Å². The number of carbonyl (C=O) groups excluding carboxylic acids is 1. The molecule has 186 valence electrons. The Morgan fingerprint density at radius 2 is 1.21 bits per heavy atom. The lowest BCUT2D eigenvalue weighted by Crippen LogP contribution is -2.26. The van der Waals surface area contributed by atoms with Crippen LogP contribution in [0.2, 0.25) is 0 Å². The molecule has 0 amide bonds. The van der Waals surface area contributed by atoms with Gasteiger partial charge in [-0.05, 0) is 57.8 Å². The zero-order valence-electron chi connectivity index (χ0n) is 20.9. The van der Waals surface area contributed by atoms with E-state index in [2.05, 4.69) is 79.8 Å². The normalized spacial score (nSPS) is 13.7. The highest BCUT2D eigenvalue weighted by molar-refractivity contribution is 5.66. The van der Waals surface area contributed by atoms with Crippen molar-refractivity contribution >= 4 is 5.97 Å². The number of aliphatic hydroxyl groups is 1. The Hall–Kier alpha value is -2.17. The molecule has 1 unspecified atom stereocenters. The molecule has 1 N–H and O–H groups in total. The third kappa shape index (κ3) is 26.0. The van der Waals surface area contributed by atoms with Gasteiger partial charge in [-0.15, -0.1) is 0 Å². The number of unbranched alkanes of at least 4 members (excludes halogenated alkanes) is 3. The first kappa shape index (κ1) is 30.8. The Balaban J connectivity index is 3.50. The van der Waals surface area contributed by atoms with E-state index in [1.807, 2.05) is 0 Å². The minimum absolute atomic E-state index is 0.206. The van der Waals surface area contributed by atoms with Gasteiger partial charge in [0.25, 0.3) is 0 Å². The second-order valence-corrected chi connectivity index (χ2v) is 7.75. The van der Waals surface area contributed by atoms with Crippen LogP contribution in [0.25, 0.3) is 0 Å². The van der Waals surface area contributed by atoms with E-state index in [9.17, 15) is 4.79 Å². The summed E-state index contributed by atoms with van der Waals surface area (Å²) in [6.07, 6.45) is 36.4. The van der Waals surface area contributed by atoms with E-state index in [0.29, 0.717) is 6.61 Å². The van der Waals surface area contributed by atoms with Crippen LogP contribution in [0.15, 0.2) is 72.9 Å². The SMILES string of the molecule is CC/C=C\C/C=C\C/C=C\C/C=C\C/C=C\C/C=C\CCCCCOCC(CO)OC(C)=O. The summed E-state index contributed by atoms with van der Waals surface area (Å²) < 4.78 is 10.4. The van der Waals surface area contributed by atoms with Crippen molar-refractivity contribution in [3.05, 3.63) is 72.9 Å². The van der Waals surface area contributed by atoms with Gasteiger partial charge in [0, 0.05) is 13.5 Å². The van der Waals surface area contributed by atoms with Crippen molar-refractivity contribution in [2.24, 2.45) is 0 Å². The molecule has 0 radical (unpaired) electrons. The lowest BCUT2D eigenvalue weighted by molar-refractivity contribution is -0.152. The molecule has 0 aliphatic carbocycles. The molecule has 0 aliphatic rings. The summed E-state index contributed by atoms with van der Waals surface area (Å²) >= 11 is 0. The van der Waals surface area contributed by atoms with Gasteiger partial charge in [0.2, 0.25) is 0 Å². The summed E-state index contributed by atoms with van der Waals surface area (Å²) in [5.74, 6) is -0.394. The Morgan fingerprint density at radius 3 is 1.67 bits per heavy atom. The predicted octanol–water partition coefficient (Wildman–Crippen LogP) is 7.19. The molecule has 0 aromatic rings. The van der Waals surface area contributed by atoms with E-state index in [1.54, 1.807) is 0 Å². The maximum Gasteiger partial charge on any atom is 0.303 e. The van der Waals surface area contributed by atoms with Gasteiger partial charge in [0.1, 0.15) is 6.10 Å². The fourth-order valence-corrected chi connectivity index (χ4v) is 2.86. The summed E-state index contributed by atoms with van der Waals surface area (Å²) in [5, 5.41) is 9.08. The minimum Gasteiger partial charge on any atom is -0.458 e. The molecular weight excluding hydrogens is 412 g/mol. The summed E-state index contributed by atoms with van der Waals surface area (Å²) in [5.41, 5.74) is 0. The van der Waals surface area contributed by atoms with Crippen LogP contribution >= 0.6 is 0 Å². The van der Waals surface area contributed by atoms with Crippen LogP contribution in [-0.4, -0.2) is 37.0 Å². The lowest BCUT2D eigenvalue weighted by Gasteiger charge is -2.14. The van der Waals surface area contributed by atoms with Gasteiger partial charge in [-0.3, -0.25) is 4.79 Å². The van der Waals surface area contributed by atoms with Gasteiger partial charge in [-0.1, -0.05) is 86.3 Å². The zero-order valence-corrected chi connectivity index (χ0v) is 20.9. The predicted molar refractivity (Wildman–Crippen MR) is 140 cm³/mol. The molecule has 4 nitrogen and oxygen atoms in total. The average Bonchev–Trinajstić information content (AvgIpc) is 2.80. The van der Waals surface area contributed by atoms with Crippen LogP contribution in [0.4, 0.5) is 0 Å². The molecule has 0 spiro atoms. The van der Waals surface area contributed by atoms with Crippen LogP contribution in [0.3, 0.4) is 0 Å². The molecule has 0 fully saturated rings. The number of rotatable bonds is 21. The highest BCUT2D eigenvalue weighted by Crippen LogP contribution is 2.03. The van der Waals surface area contributed by atoms with E-state index < -0.39 is 12.1 Å². The molecule has 0 heterocycles. The summed E-state index contributed by atoms with van der Waals surface area (Å²) in [6.45, 7) is 4.16. The smallest absolute Gasteiger partial charge is 0.303 e. The van der Waals surface area contributed by atoms with Crippen molar-refractivity contribution in [2.75, 3.05) is 19.8 Å². The Kier molecular flexibility index (Phi) is 24.4. The third-order valence-corrected chi connectivity index (χ3v) is 4.60. The zero-order chi connectivity index (χ0) is 24.2. The maximum atomic E-state index is 10.8. The third-order valence-electron chi connectivity index (χ3n) is 4.60. The Morgan fingerprint density at radius 1 is 0.727 bits per heavy atom. The van der Waals surface area contributed by atoms with Crippen molar-refractivity contribution in [2.45, 2.75) is 84.2 Å². The highest BCUT2D eigenvalue weighted by atomic mass is 16.6. The van der Waals surface area contributed by atoms with Crippen molar-refractivity contribution in [3.63, 3.8) is 0 Å². The maximum absolute atomic E-state index is 10.8. The molecule has 0 aliphatic heterocycles. The summed E-state index contributed by atoms with van der Waals surface area (Å²) in [6, 6.07) is 0. The van der Waals surface area contributed by atoms with E-state index in [-0.39, 0.29) is 13.2 Å². The molecule has 0 rings (SSSR count). The molecule has 0 saturated heterocycles. The number of hydrogen-bond donors (Lipinski definition) is 1. The molecule has 4 heteroatoms. The number of aliphatic hydroxyl groups excluding tert-OH is 1. The van der Waals surface area contributed by atoms with Crippen LogP contribution < -0.4 is 0 Å². The van der Waals surface area contributed by atoms with E-state index in [4.69, 9.17) is 14.6 Å². The van der Waals surface area contributed by atoms with Crippen LogP contribution in [0.5, 0.6) is 0 Å². The Labute approximate surface area is 202 Å². The first-order valence-corrected chi connectivity index (χ1v) is 12.5. The van der Waals surface area contributed by atoms with Crippen molar-refractivity contribution in [1.82, 2.24) is 0 Å². The molecule has 0 bridgehead atoms. The van der Waals surface area contributed by atoms with Gasteiger partial charge >= 0.3 is 5.97 Å². The molecule has 0 saturated carbocycles. The highest BCUT2D eigenvalue weighted by Gasteiger charge is 2.10.